The molecule has 8 nitrogen and oxygen atoms in total. The Kier molecular flexibility index (Phi) is 5.91. The Morgan fingerprint density at radius 1 is 1.14 bits per heavy atom. The summed E-state index contributed by atoms with van der Waals surface area (Å²) in [7, 11) is 1.28. The molecule has 4 heterocycles. The van der Waals surface area contributed by atoms with Gasteiger partial charge < -0.3 is 9.47 Å². The highest BCUT2D eigenvalue weighted by Gasteiger charge is 2.31. The number of esters is 1. The van der Waals surface area contributed by atoms with Gasteiger partial charge in [0.2, 0.25) is 0 Å². The molecule has 4 aromatic rings. The van der Waals surface area contributed by atoms with Crippen molar-refractivity contribution in [3.05, 3.63) is 70.9 Å². The first-order chi connectivity index (χ1) is 17.9. The maximum absolute atomic E-state index is 15.0. The fourth-order valence-corrected chi connectivity index (χ4v) is 4.87. The molecule has 10 heteroatoms. The normalized spacial score (nSPS) is 19.8. The van der Waals surface area contributed by atoms with Crippen molar-refractivity contribution in [3.8, 4) is 11.3 Å². The van der Waals surface area contributed by atoms with Crippen LogP contribution in [0.1, 0.15) is 71.2 Å². The highest BCUT2D eigenvalue weighted by molar-refractivity contribution is 5.98. The third-order valence-corrected chi connectivity index (χ3v) is 7.05. The number of aryl methyl sites for hydroxylation is 1. The Morgan fingerprint density at radius 3 is 2.73 bits per heavy atom. The smallest absolute Gasteiger partial charge is 0.339 e. The fraction of sp³-hybridized carbons (Fsp3) is 0.370. The number of ether oxygens (including phenoxy) is 2. The van der Waals surface area contributed by atoms with Gasteiger partial charge in [-0.25, -0.2) is 28.5 Å². The summed E-state index contributed by atoms with van der Waals surface area (Å²) in [5.74, 6) is -1.59. The molecule has 2 fully saturated rings. The van der Waals surface area contributed by atoms with Crippen molar-refractivity contribution < 1.29 is 23.0 Å². The van der Waals surface area contributed by atoms with E-state index in [2.05, 4.69) is 10.1 Å². The van der Waals surface area contributed by atoms with Crippen LogP contribution in [0.15, 0.2) is 36.7 Å². The Balaban J connectivity index is 1.44. The van der Waals surface area contributed by atoms with Crippen LogP contribution in [0.4, 0.5) is 8.78 Å². The largest absolute Gasteiger partial charge is 0.465 e. The molecule has 0 spiro atoms. The van der Waals surface area contributed by atoms with Gasteiger partial charge in [0.05, 0.1) is 42.4 Å². The van der Waals surface area contributed by atoms with Crippen LogP contribution in [0, 0.1) is 18.6 Å². The number of carbonyl (C=O) groups is 1. The molecular formula is C27H25F2N5O3. The third-order valence-electron chi connectivity index (χ3n) is 7.05. The van der Waals surface area contributed by atoms with Crippen LogP contribution < -0.4 is 0 Å². The second kappa shape index (κ2) is 9.26. The van der Waals surface area contributed by atoms with Gasteiger partial charge >= 0.3 is 5.97 Å². The van der Waals surface area contributed by atoms with Crippen LogP contribution in [-0.4, -0.2) is 44.4 Å². The number of rotatable bonds is 5. The Labute approximate surface area is 211 Å². The van der Waals surface area contributed by atoms with E-state index < -0.39 is 17.6 Å². The topological polar surface area (TPSA) is 92.0 Å². The van der Waals surface area contributed by atoms with Crippen LogP contribution in [-0.2, 0) is 9.47 Å². The number of nitrogens with zero attached hydrogens (tertiary/aromatic N) is 5. The SMILES string of the molecule is COC(=O)c1cc2c(-c3ccc(F)cc3F)nc([C@H]3CCO[C@@H](c4cnn(C5CC5)c4)C3)nc2nc1C. The van der Waals surface area contributed by atoms with Gasteiger partial charge in [0.1, 0.15) is 17.5 Å². The number of halogens is 2. The van der Waals surface area contributed by atoms with Gasteiger partial charge in [-0.05, 0) is 50.8 Å². The number of methoxy groups -OCH3 is 1. The summed E-state index contributed by atoms with van der Waals surface area (Å²) in [4.78, 5) is 26.4. The minimum Gasteiger partial charge on any atom is -0.465 e. The number of aromatic nitrogens is 5. The van der Waals surface area contributed by atoms with Crippen molar-refractivity contribution in [2.24, 2.45) is 0 Å². The maximum atomic E-state index is 15.0. The fourth-order valence-electron chi connectivity index (χ4n) is 4.87. The average Bonchev–Trinajstić information content (AvgIpc) is 3.63. The van der Waals surface area contributed by atoms with E-state index in [1.165, 1.54) is 19.2 Å². The molecule has 6 rings (SSSR count). The van der Waals surface area contributed by atoms with Gasteiger partial charge in [-0.3, -0.25) is 4.68 Å². The molecule has 1 aliphatic heterocycles. The first-order valence-electron chi connectivity index (χ1n) is 12.3. The van der Waals surface area contributed by atoms with E-state index in [0.29, 0.717) is 48.0 Å². The van der Waals surface area contributed by atoms with Crippen molar-refractivity contribution in [1.29, 1.82) is 0 Å². The van der Waals surface area contributed by atoms with E-state index in [1.807, 2.05) is 17.1 Å². The summed E-state index contributed by atoms with van der Waals surface area (Å²) in [6, 6.07) is 5.37. The third kappa shape index (κ3) is 4.46. The van der Waals surface area contributed by atoms with Crippen LogP contribution >= 0.6 is 0 Å². The van der Waals surface area contributed by atoms with Crippen molar-refractivity contribution in [2.45, 2.75) is 50.7 Å². The lowest BCUT2D eigenvalue weighted by atomic mass is 9.92. The van der Waals surface area contributed by atoms with E-state index >= 15 is 0 Å². The predicted octanol–water partition coefficient (Wildman–Crippen LogP) is 5.23. The molecule has 3 aromatic heterocycles. The molecule has 1 aromatic carbocycles. The van der Waals surface area contributed by atoms with E-state index in [4.69, 9.17) is 19.4 Å². The molecule has 37 heavy (non-hydrogen) atoms. The lowest BCUT2D eigenvalue weighted by Crippen LogP contribution is -2.20. The molecule has 0 bridgehead atoms. The lowest BCUT2D eigenvalue weighted by molar-refractivity contribution is 0.00396. The molecule has 2 aliphatic rings. The second-order valence-corrected chi connectivity index (χ2v) is 9.60. The molecule has 2 atom stereocenters. The number of hydrogen-bond donors (Lipinski definition) is 0. The number of hydrogen-bond acceptors (Lipinski definition) is 7. The summed E-state index contributed by atoms with van der Waals surface area (Å²) >= 11 is 0. The summed E-state index contributed by atoms with van der Waals surface area (Å²) in [5, 5.41) is 4.87. The lowest BCUT2D eigenvalue weighted by Gasteiger charge is -2.28. The Hall–Kier alpha value is -3.79. The highest BCUT2D eigenvalue weighted by atomic mass is 19.1. The van der Waals surface area contributed by atoms with Gasteiger partial charge in [0.25, 0.3) is 0 Å². The number of fused-ring (bicyclic) bond motifs is 1. The molecule has 1 saturated heterocycles. The van der Waals surface area contributed by atoms with Gasteiger partial charge in [-0.2, -0.15) is 5.10 Å². The highest BCUT2D eigenvalue weighted by Crippen LogP contribution is 2.40. The molecule has 190 valence electrons. The molecule has 1 saturated carbocycles. The zero-order chi connectivity index (χ0) is 25.7. The zero-order valence-corrected chi connectivity index (χ0v) is 20.4. The zero-order valence-electron chi connectivity index (χ0n) is 20.4. The minimum atomic E-state index is -0.761. The predicted molar refractivity (Wildman–Crippen MR) is 130 cm³/mol. The van der Waals surface area contributed by atoms with E-state index in [-0.39, 0.29) is 28.8 Å². The standard InChI is InChI=1S/C27H25F2N5O3/c1-14-20(27(35)36-2)11-21-24(19-6-3-17(28)10-22(19)29)32-25(33-26(21)31-14)15-7-8-37-23(9-15)16-12-30-34(13-16)18-4-5-18/h3,6,10-13,15,18,23H,4-5,7-9H2,1-2H3/t15-,23+/m0/s1. The quantitative estimate of drug-likeness (QED) is 0.343. The first-order valence-corrected chi connectivity index (χ1v) is 12.3. The van der Waals surface area contributed by atoms with Crippen LogP contribution in [0.2, 0.25) is 0 Å². The molecular weight excluding hydrogens is 480 g/mol. The van der Waals surface area contributed by atoms with Crippen molar-refractivity contribution >= 4 is 17.0 Å². The van der Waals surface area contributed by atoms with Gasteiger partial charge in [0.15, 0.2) is 5.65 Å². The van der Waals surface area contributed by atoms with Crippen molar-refractivity contribution in [3.63, 3.8) is 0 Å². The van der Waals surface area contributed by atoms with Gasteiger partial charge in [-0.1, -0.05) is 0 Å². The monoisotopic (exact) mass is 505 g/mol. The molecule has 1 aliphatic carbocycles. The van der Waals surface area contributed by atoms with Crippen molar-refractivity contribution in [1.82, 2.24) is 24.7 Å². The number of carbonyl (C=O) groups excluding carboxylic acids is 1. The van der Waals surface area contributed by atoms with Gasteiger partial charge in [-0.15, -0.1) is 0 Å². The maximum Gasteiger partial charge on any atom is 0.339 e. The van der Waals surface area contributed by atoms with Crippen molar-refractivity contribution in [2.75, 3.05) is 13.7 Å². The first kappa shape index (κ1) is 23.6. The second-order valence-electron chi connectivity index (χ2n) is 9.60. The number of benzene rings is 1. The minimum absolute atomic E-state index is 0.0722. The molecule has 0 amide bonds. The average molecular weight is 506 g/mol. The summed E-state index contributed by atoms with van der Waals surface area (Å²) in [6.07, 6.45) is 7.35. The molecule has 0 radical (unpaired) electrons. The van der Waals surface area contributed by atoms with E-state index in [9.17, 15) is 13.6 Å². The Morgan fingerprint density at radius 2 is 1.97 bits per heavy atom. The Bertz CT molecular complexity index is 1520. The van der Waals surface area contributed by atoms with Crippen LogP contribution in [0.25, 0.3) is 22.3 Å². The number of pyridine rings is 1. The summed E-state index contributed by atoms with van der Waals surface area (Å²) < 4.78 is 41.6. The van der Waals surface area contributed by atoms with Crippen LogP contribution in [0.5, 0.6) is 0 Å². The van der Waals surface area contributed by atoms with E-state index in [0.717, 1.165) is 24.5 Å². The summed E-state index contributed by atoms with van der Waals surface area (Å²) in [6.45, 7) is 2.20. The summed E-state index contributed by atoms with van der Waals surface area (Å²) in [5.41, 5.74) is 2.36. The molecule has 0 N–H and O–H groups in total. The van der Waals surface area contributed by atoms with E-state index in [1.54, 1.807) is 13.0 Å². The molecule has 0 unspecified atom stereocenters. The van der Waals surface area contributed by atoms with Crippen LogP contribution in [0.3, 0.4) is 0 Å². The van der Waals surface area contributed by atoms with Gasteiger partial charge in [0, 0.05) is 41.3 Å².